The second-order valence-electron chi connectivity index (χ2n) is 8.35. The zero-order chi connectivity index (χ0) is 18.9. The molecule has 5 nitrogen and oxygen atoms in total. The summed E-state index contributed by atoms with van der Waals surface area (Å²) in [5.41, 5.74) is 0. The Kier molecular flexibility index (Phi) is 9.06. The van der Waals surface area contributed by atoms with Crippen molar-refractivity contribution in [2.45, 2.75) is 84.3 Å². The molecule has 0 heterocycles. The van der Waals surface area contributed by atoms with Gasteiger partial charge in [0.1, 0.15) is 5.78 Å². The molecule has 0 bridgehead atoms. The lowest BCUT2D eigenvalue weighted by molar-refractivity contribution is -0.129. The topological polar surface area (TPSA) is 64.6 Å². The summed E-state index contributed by atoms with van der Waals surface area (Å²) in [5.74, 6) is 1.87. The fraction of sp³-hybridized carbons (Fsp3) is 0.905. The van der Waals surface area contributed by atoms with Gasteiger partial charge in [0.2, 0.25) is 5.91 Å². The van der Waals surface area contributed by atoms with E-state index in [-0.39, 0.29) is 17.9 Å². The van der Waals surface area contributed by atoms with Gasteiger partial charge < -0.3 is 14.8 Å². The van der Waals surface area contributed by atoms with Gasteiger partial charge in [-0.05, 0) is 64.2 Å². The first-order valence-corrected chi connectivity index (χ1v) is 10.5. The number of ketones is 1. The SMILES string of the molecule is CCC(=O)[C@H]1C[C@H](NC(=O)CCOC[C@H]2CC[C@H](COC(C)C)CC2)C1. The van der Waals surface area contributed by atoms with Crippen molar-refractivity contribution in [2.75, 3.05) is 19.8 Å². The van der Waals surface area contributed by atoms with Crippen LogP contribution < -0.4 is 5.32 Å². The maximum atomic E-state index is 11.9. The van der Waals surface area contributed by atoms with E-state index in [1.807, 2.05) is 6.92 Å². The van der Waals surface area contributed by atoms with Gasteiger partial charge in [0.15, 0.2) is 0 Å². The Labute approximate surface area is 158 Å². The summed E-state index contributed by atoms with van der Waals surface area (Å²) in [4.78, 5) is 23.5. The van der Waals surface area contributed by atoms with Gasteiger partial charge in [0.25, 0.3) is 0 Å². The molecular weight excluding hydrogens is 330 g/mol. The normalized spacial score (nSPS) is 28.6. The molecule has 0 saturated heterocycles. The zero-order valence-corrected chi connectivity index (χ0v) is 16.8. The van der Waals surface area contributed by atoms with E-state index < -0.39 is 0 Å². The van der Waals surface area contributed by atoms with E-state index in [1.165, 1.54) is 25.7 Å². The van der Waals surface area contributed by atoms with Gasteiger partial charge in [-0.3, -0.25) is 9.59 Å². The van der Waals surface area contributed by atoms with Crippen LogP contribution in [0.5, 0.6) is 0 Å². The van der Waals surface area contributed by atoms with Crippen LogP contribution in [0.1, 0.15) is 72.1 Å². The number of amides is 1. The van der Waals surface area contributed by atoms with Crippen molar-refractivity contribution in [3.05, 3.63) is 0 Å². The molecule has 0 radical (unpaired) electrons. The van der Waals surface area contributed by atoms with E-state index in [2.05, 4.69) is 19.2 Å². The van der Waals surface area contributed by atoms with Crippen LogP contribution >= 0.6 is 0 Å². The maximum Gasteiger partial charge on any atom is 0.222 e. The number of nitrogens with one attached hydrogen (secondary N) is 1. The molecule has 150 valence electrons. The molecule has 1 amide bonds. The van der Waals surface area contributed by atoms with Gasteiger partial charge in [-0.15, -0.1) is 0 Å². The molecule has 26 heavy (non-hydrogen) atoms. The molecule has 2 rings (SSSR count). The lowest BCUT2D eigenvalue weighted by Crippen LogP contribution is -2.46. The van der Waals surface area contributed by atoms with Crippen LogP contribution in [0, 0.1) is 17.8 Å². The highest BCUT2D eigenvalue weighted by molar-refractivity contribution is 5.82. The number of hydrogen-bond acceptors (Lipinski definition) is 4. The third-order valence-corrected chi connectivity index (χ3v) is 5.77. The summed E-state index contributed by atoms with van der Waals surface area (Å²) in [5, 5.41) is 3.01. The van der Waals surface area contributed by atoms with E-state index in [4.69, 9.17) is 9.47 Å². The molecule has 2 fully saturated rings. The van der Waals surface area contributed by atoms with Gasteiger partial charge in [0, 0.05) is 38.0 Å². The number of Topliss-reactive ketones (excluding diaryl/α,β-unsaturated/α-hetero) is 1. The minimum Gasteiger partial charge on any atom is -0.381 e. The second kappa shape index (κ2) is 11.0. The lowest BCUT2D eigenvalue weighted by Gasteiger charge is -2.34. The predicted octanol–water partition coefficient (Wildman–Crippen LogP) is 3.50. The summed E-state index contributed by atoms with van der Waals surface area (Å²) in [6, 6.07) is 0.186. The Morgan fingerprint density at radius 3 is 2.23 bits per heavy atom. The first-order chi connectivity index (χ1) is 12.5. The number of carbonyl (C=O) groups is 2. The predicted molar refractivity (Wildman–Crippen MR) is 102 cm³/mol. The third-order valence-electron chi connectivity index (χ3n) is 5.77. The van der Waals surface area contributed by atoms with Crippen molar-refractivity contribution >= 4 is 11.7 Å². The fourth-order valence-electron chi connectivity index (χ4n) is 3.90. The van der Waals surface area contributed by atoms with Crippen molar-refractivity contribution in [3.8, 4) is 0 Å². The largest absolute Gasteiger partial charge is 0.381 e. The van der Waals surface area contributed by atoms with Crippen LogP contribution in [0.3, 0.4) is 0 Å². The molecule has 1 N–H and O–H groups in total. The van der Waals surface area contributed by atoms with Crippen molar-refractivity contribution in [1.82, 2.24) is 5.32 Å². The average molecular weight is 368 g/mol. The highest BCUT2D eigenvalue weighted by Crippen LogP contribution is 2.30. The zero-order valence-electron chi connectivity index (χ0n) is 16.8. The Hall–Kier alpha value is -0.940. The summed E-state index contributed by atoms with van der Waals surface area (Å²) >= 11 is 0. The monoisotopic (exact) mass is 367 g/mol. The Balaban J connectivity index is 1.46. The first kappa shape index (κ1) is 21.4. The molecule has 0 aromatic heterocycles. The number of ether oxygens (including phenoxy) is 2. The van der Waals surface area contributed by atoms with Crippen molar-refractivity contribution < 1.29 is 19.1 Å². The average Bonchev–Trinajstić information content (AvgIpc) is 2.60. The quantitative estimate of drug-likeness (QED) is 0.568. The van der Waals surface area contributed by atoms with E-state index in [9.17, 15) is 9.59 Å². The summed E-state index contributed by atoms with van der Waals surface area (Å²) in [7, 11) is 0. The van der Waals surface area contributed by atoms with E-state index in [1.54, 1.807) is 0 Å². The van der Waals surface area contributed by atoms with E-state index >= 15 is 0 Å². The molecule has 2 saturated carbocycles. The van der Waals surface area contributed by atoms with E-state index in [0.717, 1.165) is 26.1 Å². The van der Waals surface area contributed by atoms with E-state index in [0.29, 0.717) is 43.2 Å². The number of rotatable bonds is 11. The summed E-state index contributed by atoms with van der Waals surface area (Å²) < 4.78 is 11.5. The Bertz CT molecular complexity index is 437. The summed E-state index contributed by atoms with van der Waals surface area (Å²) in [6.07, 6.45) is 7.81. The lowest BCUT2D eigenvalue weighted by atomic mass is 9.77. The Morgan fingerprint density at radius 2 is 1.65 bits per heavy atom. The second-order valence-corrected chi connectivity index (χ2v) is 8.35. The molecule has 5 heteroatoms. The molecular formula is C21H37NO4. The van der Waals surface area contributed by atoms with Gasteiger partial charge in [-0.1, -0.05) is 6.92 Å². The first-order valence-electron chi connectivity index (χ1n) is 10.5. The van der Waals surface area contributed by atoms with Crippen molar-refractivity contribution in [1.29, 1.82) is 0 Å². The van der Waals surface area contributed by atoms with Crippen LogP contribution in [0.15, 0.2) is 0 Å². The minimum absolute atomic E-state index is 0.0481. The highest BCUT2D eigenvalue weighted by Gasteiger charge is 2.34. The molecule has 0 atom stereocenters. The number of carbonyl (C=O) groups excluding carboxylic acids is 2. The van der Waals surface area contributed by atoms with Crippen molar-refractivity contribution in [2.24, 2.45) is 17.8 Å². The third kappa shape index (κ3) is 7.36. The Morgan fingerprint density at radius 1 is 1.04 bits per heavy atom. The molecule has 0 aromatic rings. The molecule has 0 unspecified atom stereocenters. The van der Waals surface area contributed by atoms with Crippen LogP contribution in [0.25, 0.3) is 0 Å². The smallest absolute Gasteiger partial charge is 0.222 e. The molecule has 2 aliphatic carbocycles. The van der Waals surface area contributed by atoms with Crippen molar-refractivity contribution in [3.63, 3.8) is 0 Å². The highest BCUT2D eigenvalue weighted by atomic mass is 16.5. The molecule has 0 aromatic carbocycles. The van der Waals surface area contributed by atoms with Gasteiger partial charge in [0.05, 0.1) is 12.7 Å². The molecule has 0 spiro atoms. The van der Waals surface area contributed by atoms with Crippen LogP contribution in [0.2, 0.25) is 0 Å². The van der Waals surface area contributed by atoms with Gasteiger partial charge >= 0.3 is 0 Å². The number of hydrogen-bond donors (Lipinski definition) is 1. The summed E-state index contributed by atoms with van der Waals surface area (Å²) in [6.45, 7) is 8.22. The standard InChI is InChI=1S/C21H37NO4/c1-4-20(23)18-11-19(12-18)22-21(24)9-10-25-13-16-5-7-17(8-6-16)14-26-15(2)3/h15-19H,4-14H2,1-3H3,(H,22,24)/t16-,17-,18-,19-. The van der Waals surface area contributed by atoms with Gasteiger partial charge in [-0.25, -0.2) is 0 Å². The fourth-order valence-corrected chi connectivity index (χ4v) is 3.90. The minimum atomic E-state index is 0.0481. The molecule has 2 aliphatic rings. The van der Waals surface area contributed by atoms with Crippen LogP contribution in [-0.4, -0.2) is 43.7 Å². The van der Waals surface area contributed by atoms with Crippen LogP contribution in [0.4, 0.5) is 0 Å². The maximum absolute atomic E-state index is 11.9. The van der Waals surface area contributed by atoms with Gasteiger partial charge in [-0.2, -0.15) is 0 Å². The molecule has 0 aliphatic heterocycles. The van der Waals surface area contributed by atoms with Crippen LogP contribution in [-0.2, 0) is 19.1 Å².